The zero-order chi connectivity index (χ0) is 16.2. The lowest BCUT2D eigenvalue weighted by Gasteiger charge is -2.35. The first-order valence-corrected chi connectivity index (χ1v) is 7.82. The van der Waals surface area contributed by atoms with Crippen molar-refractivity contribution in [3.8, 4) is 0 Å². The van der Waals surface area contributed by atoms with E-state index in [1.807, 2.05) is 44.2 Å². The Hall–Kier alpha value is -1.49. The number of likely N-dealkylation sites (tertiary alicyclic amines) is 1. The fourth-order valence-corrected chi connectivity index (χ4v) is 3.31. The van der Waals surface area contributed by atoms with Gasteiger partial charge in [0.25, 0.3) is 0 Å². The van der Waals surface area contributed by atoms with Crippen LogP contribution in [0.4, 0.5) is 8.78 Å². The Kier molecular flexibility index (Phi) is 5.51. The van der Waals surface area contributed by atoms with Crippen LogP contribution < -0.4 is 0 Å². The second kappa shape index (κ2) is 7.18. The quantitative estimate of drug-likeness (QED) is 0.803. The van der Waals surface area contributed by atoms with Gasteiger partial charge in [0.15, 0.2) is 0 Å². The second-order valence-corrected chi connectivity index (χ2v) is 5.71. The number of alkyl halides is 2. The summed E-state index contributed by atoms with van der Waals surface area (Å²) in [5, 5.41) is 0. The molecule has 1 aliphatic rings. The monoisotopic (exact) mass is 311 g/mol. The largest absolute Gasteiger partial charge is 0.345 e. The van der Waals surface area contributed by atoms with Crippen molar-refractivity contribution in [1.29, 1.82) is 0 Å². The predicted octanol–water partition coefficient (Wildman–Crippen LogP) is 3.58. The summed E-state index contributed by atoms with van der Waals surface area (Å²) in [6.07, 6.45) is 1.27. The van der Waals surface area contributed by atoms with Gasteiger partial charge in [-0.2, -0.15) is 8.78 Å². The molecular weight excluding hydrogens is 288 g/mol. The molecule has 0 saturated carbocycles. The average Bonchev–Trinajstić information content (AvgIpc) is 2.97. The SMILES string of the molecule is CCC(CC)(C(=O)N1CC[C@H](OC(F)F)C1)c1ccccc1. The molecule has 22 heavy (non-hydrogen) atoms. The molecule has 1 aromatic rings. The Morgan fingerprint density at radius 1 is 1.32 bits per heavy atom. The van der Waals surface area contributed by atoms with Gasteiger partial charge < -0.3 is 9.64 Å². The van der Waals surface area contributed by atoms with E-state index >= 15 is 0 Å². The molecule has 1 aromatic carbocycles. The lowest BCUT2D eigenvalue weighted by Crippen LogP contribution is -2.46. The number of benzene rings is 1. The highest BCUT2D eigenvalue weighted by Crippen LogP contribution is 2.35. The first-order chi connectivity index (χ1) is 10.5. The summed E-state index contributed by atoms with van der Waals surface area (Å²) in [7, 11) is 0. The zero-order valence-electron chi connectivity index (χ0n) is 13.1. The third kappa shape index (κ3) is 3.29. The number of carbonyl (C=O) groups is 1. The number of hydrogen-bond donors (Lipinski definition) is 0. The van der Waals surface area contributed by atoms with Crippen LogP contribution in [0.15, 0.2) is 30.3 Å². The maximum atomic E-state index is 13.0. The summed E-state index contributed by atoms with van der Waals surface area (Å²) in [5.74, 6) is 0.0177. The van der Waals surface area contributed by atoms with Gasteiger partial charge >= 0.3 is 6.61 Å². The van der Waals surface area contributed by atoms with Crippen LogP contribution in [0, 0.1) is 0 Å². The normalized spacial score (nSPS) is 19.0. The molecule has 1 amide bonds. The van der Waals surface area contributed by atoms with Crippen LogP contribution in [-0.4, -0.2) is 36.6 Å². The van der Waals surface area contributed by atoms with Crippen molar-refractivity contribution in [3.05, 3.63) is 35.9 Å². The van der Waals surface area contributed by atoms with Crippen LogP contribution in [0.5, 0.6) is 0 Å². The van der Waals surface area contributed by atoms with Gasteiger partial charge in [-0.25, -0.2) is 0 Å². The van der Waals surface area contributed by atoms with Gasteiger partial charge in [-0.3, -0.25) is 4.79 Å². The van der Waals surface area contributed by atoms with Crippen LogP contribution in [0.3, 0.4) is 0 Å². The van der Waals surface area contributed by atoms with Gasteiger partial charge in [-0.15, -0.1) is 0 Å². The van der Waals surface area contributed by atoms with Crippen LogP contribution in [-0.2, 0) is 14.9 Å². The third-order valence-corrected chi connectivity index (χ3v) is 4.67. The summed E-state index contributed by atoms with van der Waals surface area (Å²) in [4.78, 5) is 14.7. The molecule has 0 N–H and O–H groups in total. The number of amides is 1. The topological polar surface area (TPSA) is 29.5 Å². The number of hydrogen-bond acceptors (Lipinski definition) is 2. The fourth-order valence-electron chi connectivity index (χ4n) is 3.31. The minimum atomic E-state index is -2.78. The molecule has 0 aliphatic carbocycles. The first-order valence-electron chi connectivity index (χ1n) is 7.82. The van der Waals surface area contributed by atoms with Gasteiger partial charge in [0.1, 0.15) is 0 Å². The Morgan fingerprint density at radius 2 is 1.95 bits per heavy atom. The number of carbonyl (C=O) groups excluding carboxylic acids is 1. The smallest absolute Gasteiger partial charge is 0.339 e. The fraction of sp³-hybridized carbons (Fsp3) is 0.588. The molecule has 0 bridgehead atoms. The van der Waals surface area contributed by atoms with E-state index in [0.29, 0.717) is 25.8 Å². The predicted molar refractivity (Wildman–Crippen MR) is 80.8 cm³/mol. The highest BCUT2D eigenvalue weighted by Gasteiger charge is 2.42. The molecule has 0 spiro atoms. The van der Waals surface area contributed by atoms with Gasteiger partial charge in [-0.1, -0.05) is 44.2 Å². The third-order valence-electron chi connectivity index (χ3n) is 4.67. The number of nitrogens with zero attached hydrogens (tertiary/aromatic N) is 1. The van der Waals surface area contributed by atoms with E-state index in [-0.39, 0.29) is 12.5 Å². The number of halogens is 2. The molecule has 2 rings (SSSR count). The summed E-state index contributed by atoms with van der Waals surface area (Å²) in [5.41, 5.74) is 0.407. The lowest BCUT2D eigenvalue weighted by atomic mass is 9.74. The molecule has 5 heteroatoms. The summed E-state index contributed by atoms with van der Waals surface area (Å²) >= 11 is 0. The molecule has 3 nitrogen and oxygen atoms in total. The standard InChI is InChI=1S/C17H23F2NO2/c1-3-17(4-2,13-8-6-5-7-9-13)15(21)20-11-10-14(12-20)22-16(18)19/h5-9,14,16H,3-4,10-12H2,1-2H3/t14-/m0/s1. The number of rotatable bonds is 6. The summed E-state index contributed by atoms with van der Waals surface area (Å²) in [6, 6.07) is 9.71. The van der Waals surface area contributed by atoms with Crippen molar-refractivity contribution in [3.63, 3.8) is 0 Å². The maximum absolute atomic E-state index is 13.0. The zero-order valence-corrected chi connectivity index (χ0v) is 13.1. The highest BCUT2D eigenvalue weighted by atomic mass is 19.3. The molecule has 0 unspecified atom stereocenters. The van der Waals surface area contributed by atoms with Crippen LogP contribution in [0.2, 0.25) is 0 Å². The van der Waals surface area contributed by atoms with Crippen molar-refractivity contribution in [2.45, 2.75) is 51.2 Å². The molecule has 1 atom stereocenters. The van der Waals surface area contributed by atoms with Crippen molar-refractivity contribution >= 4 is 5.91 Å². The van der Waals surface area contributed by atoms with Gasteiger partial charge in [0, 0.05) is 13.1 Å². The van der Waals surface area contributed by atoms with Crippen molar-refractivity contribution in [2.24, 2.45) is 0 Å². The van der Waals surface area contributed by atoms with E-state index in [0.717, 1.165) is 5.56 Å². The minimum absolute atomic E-state index is 0.0177. The highest BCUT2D eigenvalue weighted by molar-refractivity contribution is 5.88. The Morgan fingerprint density at radius 3 is 2.50 bits per heavy atom. The molecule has 1 saturated heterocycles. The Bertz CT molecular complexity index is 489. The van der Waals surface area contributed by atoms with E-state index in [4.69, 9.17) is 0 Å². The van der Waals surface area contributed by atoms with E-state index in [1.54, 1.807) is 4.90 Å². The van der Waals surface area contributed by atoms with Crippen molar-refractivity contribution in [1.82, 2.24) is 4.90 Å². The minimum Gasteiger partial charge on any atom is -0.339 e. The van der Waals surface area contributed by atoms with E-state index in [2.05, 4.69) is 4.74 Å². The van der Waals surface area contributed by atoms with Gasteiger partial charge in [-0.05, 0) is 24.8 Å². The van der Waals surface area contributed by atoms with Crippen LogP contribution in [0.25, 0.3) is 0 Å². The summed E-state index contributed by atoms with van der Waals surface area (Å²) < 4.78 is 29.2. The maximum Gasteiger partial charge on any atom is 0.345 e. The molecule has 122 valence electrons. The summed E-state index contributed by atoms with van der Waals surface area (Å²) in [6.45, 7) is 1.94. The van der Waals surface area contributed by atoms with E-state index in [9.17, 15) is 13.6 Å². The van der Waals surface area contributed by atoms with Crippen LogP contribution in [0.1, 0.15) is 38.7 Å². The molecule has 1 fully saturated rings. The molecule has 1 aliphatic heterocycles. The Labute approximate surface area is 130 Å². The first kappa shape index (κ1) is 16.9. The van der Waals surface area contributed by atoms with Crippen molar-refractivity contribution in [2.75, 3.05) is 13.1 Å². The Balaban J connectivity index is 2.18. The van der Waals surface area contributed by atoms with Gasteiger partial charge in [0.2, 0.25) is 5.91 Å². The molecule has 1 heterocycles. The van der Waals surface area contributed by atoms with Gasteiger partial charge in [0.05, 0.1) is 11.5 Å². The van der Waals surface area contributed by atoms with E-state index in [1.165, 1.54) is 0 Å². The second-order valence-electron chi connectivity index (χ2n) is 5.71. The molecule has 0 aromatic heterocycles. The lowest BCUT2D eigenvalue weighted by molar-refractivity contribution is -0.161. The van der Waals surface area contributed by atoms with Crippen molar-refractivity contribution < 1.29 is 18.3 Å². The average molecular weight is 311 g/mol. The van der Waals surface area contributed by atoms with E-state index < -0.39 is 18.1 Å². The molecule has 0 radical (unpaired) electrons. The number of ether oxygens (including phenoxy) is 1. The molecular formula is C17H23F2NO2. The van der Waals surface area contributed by atoms with Crippen LogP contribution >= 0.6 is 0 Å².